The minimum Gasteiger partial charge on any atom is -0.329 e. The van der Waals surface area contributed by atoms with Crippen molar-refractivity contribution in [3.8, 4) is 0 Å². The molecular formula is C4H13NO7S2. The van der Waals surface area contributed by atoms with Gasteiger partial charge in [0.25, 0.3) is 10.1 Å². The number of nitrogens with two attached hydrogens (primary N) is 1. The predicted molar refractivity (Wildman–Crippen MR) is 48.9 cm³/mol. The van der Waals surface area contributed by atoms with Crippen LogP contribution < -0.4 is 5.73 Å². The predicted octanol–water partition coefficient (Wildman–Crippen LogP) is -1.04. The molecule has 88 valence electrons. The Morgan fingerprint density at radius 1 is 1.07 bits per heavy atom. The van der Waals surface area contributed by atoms with Crippen LogP contribution in [0.1, 0.15) is 13.8 Å². The summed E-state index contributed by atoms with van der Waals surface area (Å²) in [5.41, 5.74) is 5.05. The molecule has 0 saturated carbocycles. The molecule has 0 spiro atoms. The quantitative estimate of drug-likeness (QED) is 0.453. The molecule has 0 heterocycles. The molecule has 0 bridgehead atoms. The summed E-state index contributed by atoms with van der Waals surface area (Å²) >= 11 is 0. The normalized spacial score (nSPS) is 13.0. The number of hydrogen-bond donors (Lipinski definition) is 4. The summed E-state index contributed by atoms with van der Waals surface area (Å²) in [6.07, 6.45) is 0. The van der Waals surface area contributed by atoms with E-state index in [4.69, 9.17) is 27.8 Å². The van der Waals surface area contributed by atoms with Gasteiger partial charge < -0.3 is 5.73 Å². The maximum atomic E-state index is 10.4. The molecule has 0 aliphatic heterocycles. The highest BCUT2D eigenvalue weighted by Gasteiger charge is 2.30. The highest BCUT2D eigenvalue weighted by atomic mass is 32.3. The Balaban J connectivity index is 0. The van der Waals surface area contributed by atoms with Gasteiger partial charge in [0.1, 0.15) is 4.75 Å². The van der Waals surface area contributed by atoms with E-state index in [0.717, 1.165) is 0 Å². The van der Waals surface area contributed by atoms with Crippen molar-refractivity contribution in [2.45, 2.75) is 18.6 Å². The molecule has 0 fully saturated rings. The van der Waals surface area contributed by atoms with Crippen LogP contribution in [0.15, 0.2) is 0 Å². The van der Waals surface area contributed by atoms with Gasteiger partial charge in [0, 0.05) is 6.54 Å². The van der Waals surface area contributed by atoms with Crippen LogP contribution in [-0.2, 0) is 20.5 Å². The third-order valence-corrected chi connectivity index (χ3v) is 2.75. The topological polar surface area (TPSA) is 155 Å². The summed E-state index contributed by atoms with van der Waals surface area (Å²) in [5.74, 6) is 0. The SMILES string of the molecule is CC(C)(CN)S(=O)(=O)O.O=S(=O)(O)O. The second-order valence-corrected chi connectivity index (χ2v) is 5.84. The van der Waals surface area contributed by atoms with E-state index in [9.17, 15) is 8.42 Å². The van der Waals surface area contributed by atoms with Crippen molar-refractivity contribution in [2.24, 2.45) is 5.73 Å². The average molecular weight is 251 g/mol. The van der Waals surface area contributed by atoms with Crippen LogP contribution >= 0.6 is 0 Å². The first-order valence-electron chi connectivity index (χ1n) is 3.18. The van der Waals surface area contributed by atoms with E-state index in [1.54, 1.807) is 0 Å². The third kappa shape index (κ3) is 9.83. The van der Waals surface area contributed by atoms with Crippen LogP contribution in [0.4, 0.5) is 0 Å². The van der Waals surface area contributed by atoms with Gasteiger partial charge in [0.2, 0.25) is 0 Å². The minimum atomic E-state index is -4.67. The lowest BCUT2D eigenvalue weighted by Gasteiger charge is -2.16. The molecule has 8 nitrogen and oxygen atoms in total. The Morgan fingerprint density at radius 3 is 1.29 bits per heavy atom. The fourth-order valence-electron chi connectivity index (χ4n) is 0.105. The van der Waals surface area contributed by atoms with Crippen molar-refractivity contribution in [2.75, 3.05) is 6.54 Å². The standard InChI is InChI=1S/C4H11NO3S.H2O4S/c1-4(2,3-5)9(6,7)8;1-5(2,3)4/h3,5H2,1-2H3,(H,6,7,8);(H2,1,2,3,4). The molecule has 14 heavy (non-hydrogen) atoms. The zero-order chi connectivity index (χ0) is 12.2. The fourth-order valence-corrected chi connectivity index (χ4v) is 0.316. The van der Waals surface area contributed by atoms with Crippen molar-refractivity contribution in [3.63, 3.8) is 0 Å². The van der Waals surface area contributed by atoms with Crippen LogP contribution in [0, 0.1) is 0 Å². The van der Waals surface area contributed by atoms with E-state index in [-0.39, 0.29) is 6.54 Å². The highest BCUT2D eigenvalue weighted by Crippen LogP contribution is 2.11. The van der Waals surface area contributed by atoms with Crippen molar-refractivity contribution >= 4 is 20.5 Å². The Labute approximate surface area is 82.4 Å². The third-order valence-electron chi connectivity index (χ3n) is 1.19. The molecule has 0 aromatic heterocycles. The van der Waals surface area contributed by atoms with Crippen LogP contribution in [0.5, 0.6) is 0 Å². The molecule has 0 aromatic rings. The molecule has 0 radical (unpaired) electrons. The molecule has 10 heteroatoms. The van der Waals surface area contributed by atoms with Crippen LogP contribution in [0.25, 0.3) is 0 Å². The smallest absolute Gasteiger partial charge is 0.329 e. The molecule has 5 N–H and O–H groups in total. The van der Waals surface area contributed by atoms with Gasteiger partial charge in [-0.15, -0.1) is 0 Å². The number of hydrogen-bond acceptors (Lipinski definition) is 5. The van der Waals surface area contributed by atoms with Gasteiger partial charge in [-0.1, -0.05) is 0 Å². The van der Waals surface area contributed by atoms with E-state index in [2.05, 4.69) is 0 Å². The summed E-state index contributed by atoms with van der Waals surface area (Å²) in [5, 5.41) is 0. The highest BCUT2D eigenvalue weighted by molar-refractivity contribution is 7.87. The van der Waals surface area contributed by atoms with Gasteiger partial charge >= 0.3 is 10.4 Å². The summed E-state index contributed by atoms with van der Waals surface area (Å²) in [6, 6.07) is 0. The second-order valence-electron chi connectivity index (χ2n) is 2.89. The van der Waals surface area contributed by atoms with Gasteiger partial charge in [0.15, 0.2) is 0 Å². The van der Waals surface area contributed by atoms with Gasteiger partial charge in [-0.25, -0.2) is 0 Å². The van der Waals surface area contributed by atoms with Gasteiger partial charge in [-0.2, -0.15) is 16.8 Å². The first-order valence-corrected chi connectivity index (χ1v) is 6.02. The molecule has 0 aliphatic rings. The number of rotatable bonds is 2. The lowest BCUT2D eigenvalue weighted by molar-refractivity contribution is 0.381. The van der Waals surface area contributed by atoms with Crippen molar-refractivity contribution in [1.29, 1.82) is 0 Å². The van der Waals surface area contributed by atoms with E-state index < -0.39 is 25.3 Å². The summed E-state index contributed by atoms with van der Waals surface area (Å²) < 4.78 is 59.5. The lowest BCUT2D eigenvalue weighted by Crippen LogP contribution is -2.39. The summed E-state index contributed by atoms with van der Waals surface area (Å²) in [7, 11) is -8.64. The molecular weight excluding hydrogens is 238 g/mol. The lowest BCUT2D eigenvalue weighted by atomic mass is 10.2. The first-order chi connectivity index (χ1) is 5.81. The molecule has 0 aromatic carbocycles. The van der Waals surface area contributed by atoms with Crippen molar-refractivity contribution in [3.05, 3.63) is 0 Å². The van der Waals surface area contributed by atoms with Crippen LogP contribution in [-0.4, -0.2) is 41.8 Å². The van der Waals surface area contributed by atoms with Crippen LogP contribution in [0.3, 0.4) is 0 Å². The molecule has 0 unspecified atom stereocenters. The minimum absolute atomic E-state index is 0.0775. The zero-order valence-electron chi connectivity index (χ0n) is 7.58. The van der Waals surface area contributed by atoms with E-state index in [0.29, 0.717) is 0 Å². The van der Waals surface area contributed by atoms with E-state index >= 15 is 0 Å². The molecule has 0 atom stereocenters. The maximum absolute atomic E-state index is 10.4. The Morgan fingerprint density at radius 2 is 1.29 bits per heavy atom. The van der Waals surface area contributed by atoms with E-state index in [1.807, 2.05) is 0 Å². The summed E-state index contributed by atoms with van der Waals surface area (Å²) in [6.45, 7) is 2.65. The molecule has 0 rings (SSSR count). The molecule has 0 saturated heterocycles. The monoisotopic (exact) mass is 251 g/mol. The maximum Gasteiger partial charge on any atom is 0.394 e. The average Bonchev–Trinajstić information content (AvgIpc) is 1.81. The van der Waals surface area contributed by atoms with Crippen molar-refractivity contribution < 1.29 is 30.5 Å². The van der Waals surface area contributed by atoms with Gasteiger partial charge in [-0.3, -0.25) is 13.7 Å². The molecule has 0 amide bonds. The largest absolute Gasteiger partial charge is 0.394 e. The van der Waals surface area contributed by atoms with Crippen molar-refractivity contribution in [1.82, 2.24) is 0 Å². The Hall–Kier alpha value is -0.260. The second kappa shape index (κ2) is 5.00. The van der Waals surface area contributed by atoms with Gasteiger partial charge in [0.05, 0.1) is 0 Å². The fraction of sp³-hybridized carbons (Fsp3) is 1.00. The summed E-state index contributed by atoms with van der Waals surface area (Å²) in [4.78, 5) is 0. The van der Waals surface area contributed by atoms with Crippen LogP contribution in [0.2, 0.25) is 0 Å². The Kier molecular flexibility index (Phi) is 5.78. The Bertz CT molecular complexity index is 345. The van der Waals surface area contributed by atoms with E-state index in [1.165, 1.54) is 13.8 Å². The van der Waals surface area contributed by atoms with Gasteiger partial charge in [-0.05, 0) is 13.8 Å². The molecule has 0 aliphatic carbocycles. The first kappa shape index (κ1) is 16.2. The zero-order valence-corrected chi connectivity index (χ0v) is 9.21.